The number of anilines is 1. The Morgan fingerprint density at radius 2 is 2.27 bits per heavy atom. The van der Waals surface area contributed by atoms with Gasteiger partial charge in [-0.25, -0.2) is 0 Å². The van der Waals surface area contributed by atoms with Crippen molar-refractivity contribution in [1.82, 2.24) is 0 Å². The minimum Gasteiger partial charge on any atom is -0.483 e. The highest BCUT2D eigenvalue weighted by Crippen LogP contribution is 2.37. The third-order valence-electron chi connectivity index (χ3n) is 2.27. The molecule has 1 saturated carbocycles. The normalized spacial score (nSPS) is 14.7. The van der Waals surface area contributed by atoms with E-state index in [0.717, 1.165) is 12.8 Å². The summed E-state index contributed by atoms with van der Waals surface area (Å²) in [5.41, 5.74) is 0.505. The molecule has 0 radical (unpaired) electrons. The number of ether oxygens (including phenoxy) is 1. The molecule has 1 fully saturated rings. The second kappa shape index (κ2) is 3.76. The fraction of sp³-hybridized carbons (Fsp3) is 0.400. The van der Waals surface area contributed by atoms with Crippen molar-refractivity contribution in [3.05, 3.63) is 28.3 Å². The summed E-state index contributed by atoms with van der Waals surface area (Å²) in [7, 11) is 1.66. The molecule has 15 heavy (non-hydrogen) atoms. The molecule has 0 aromatic heterocycles. The van der Waals surface area contributed by atoms with Crippen LogP contribution in [0, 0.1) is 10.1 Å². The van der Waals surface area contributed by atoms with Crippen LogP contribution in [0.4, 0.5) is 11.4 Å². The van der Waals surface area contributed by atoms with Crippen LogP contribution >= 0.6 is 0 Å². The quantitative estimate of drug-likeness (QED) is 0.608. The molecular formula is C10H12N2O3. The van der Waals surface area contributed by atoms with Gasteiger partial charge in [0.1, 0.15) is 5.69 Å². The van der Waals surface area contributed by atoms with Crippen LogP contribution in [0.5, 0.6) is 5.75 Å². The molecule has 0 unspecified atom stereocenters. The van der Waals surface area contributed by atoms with Crippen LogP contribution in [0.2, 0.25) is 0 Å². The van der Waals surface area contributed by atoms with Crippen LogP contribution in [-0.2, 0) is 0 Å². The zero-order valence-electron chi connectivity index (χ0n) is 8.40. The lowest BCUT2D eigenvalue weighted by Gasteiger charge is -2.08. The van der Waals surface area contributed by atoms with Gasteiger partial charge in [0.2, 0.25) is 0 Å². The number of hydrogen-bond acceptors (Lipinski definition) is 4. The van der Waals surface area contributed by atoms with E-state index in [4.69, 9.17) is 4.74 Å². The summed E-state index contributed by atoms with van der Waals surface area (Å²) in [5, 5.41) is 13.7. The van der Waals surface area contributed by atoms with Crippen molar-refractivity contribution in [2.24, 2.45) is 0 Å². The van der Waals surface area contributed by atoms with Crippen molar-refractivity contribution in [2.75, 3.05) is 12.4 Å². The number of nitro groups is 1. The molecule has 1 N–H and O–H groups in total. The fourth-order valence-electron chi connectivity index (χ4n) is 1.37. The second-order valence-corrected chi connectivity index (χ2v) is 3.48. The first kappa shape index (κ1) is 9.76. The minimum atomic E-state index is -0.413. The highest BCUT2D eigenvalue weighted by Gasteiger charge is 2.28. The van der Waals surface area contributed by atoms with E-state index in [1.54, 1.807) is 25.2 Å². The van der Waals surface area contributed by atoms with Gasteiger partial charge in [0.15, 0.2) is 5.75 Å². The zero-order valence-corrected chi connectivity index (χ0v) is 8.40. The average Bonchev–Trinajstić information content (AvgIpc) is 3.01. The monoisotopic (exact) mass is 208 g/mol. The molecule has 1 aliphatic carbocycles. The summed E-state index contributed by atoms with van der Waals surface area (Å²) in [4.78, 5) is 10.5. The van der Waals surface area contributed by atoms with Crippen molar-refractivity contribution in [2.45, 2.75) is 18.9 Å². The SMILES string of the molecule is CNc1cccc(OC2CC2)c1[N+](=O)[O-]. The molecule has 5 nitrogen and oxygen atoms in total. The molecule has 80 valence electrons. The summed E-state index contributed by atoms with van der Waals surface area (Å²) in [6.07, 6.45) is 2.14. The first-order chi connectivity index (χ1) is 7.22. The fourth-order valence-corrected chi connectivity index (χ4v) is 1.37. The molecule has 1 aliphatic rings. The van der Waals surface area contributed by atoms with E-state index in [-0.39, 0.29) is 11.8 Å². The summed E-state index contributed by atoms with van der Waals surface area (Å²) < 4.78 is 5.48. The van der Waals surface area contributed by atoms with Gasteiger partial charge in [-0.1, -0.05) is 6.07 Å². The van der Waals surface area contributed by atoms with Crippen LogP contribution in [-0.4, -0.2) is 18.1 Å². The van der Waals surface area contributed by atoms with Crippen LogP contribution in [0.3, 0.4) is 0 Å². The molecule has 0 aliphatic heterocycles. The van der Waals surface area contributed by atoms with Gasteiger partial charge in [-0.2, -0.15) is 0 Å². The molecule has 0 heterocycles. The van der Waals surface area contributed by atoms with Crippen molar-refractivity contribution in [3.8, 4) is 5.75 Å². The van der Waals surface area contributed by atoms with Crippen LogP contribution in [0.25, 0.3) is 0 Å². The van der Waals surface area contributed by atoms with Gasteiger partial charge in [0, 0.05) is 7.05 Å². The first-order valence-corrected chi connectivity index (χ1v) is 4.84. The predicted octanol–water partition coefficient (Wildman–Crippen LogP) is 2.18. The van der Waals surface area contributed by atoms with Gasteiger partial charge in [-0.05, 0) is 25.0 Å². The highest BCUT2D eigenvalue weighted by atomic mass is 16.6. The topological polar surface area (TPSA) is 64.4 Å². The number of nitro benzene ring substituents is 1. The van der Waals surface area contributed by atoms with E-state index in [1.807, 2.05) is 0 Å². The Kier molecular flexibility index (Phi) is 2.45. The molecule has 0 amide bonds. The van der Waals surface area contributed by atoms with Gasteiger partial charge in [0.05, 0.1) is 11.0 Å². The average molecular weight is 208 g/mol. The predicted molar refractivity (Wildman–Crippen MR) is 56.3 cm³/mol. The Balaban J connectivity index is 2.37. The smallest absolute Gasteiger partial charge is 0.333 e. The number of benzene rings is 1. The largest absolute Gasteiger partial charge is 0.483 e. The summed E-state index contributed by atoms with van der Waals surface area (Å²) in [5.74, 6) is 0.356. The van der Waals surface area contributed by atoms with Crippen molar-refractivity contribution < 1.29 is 9.66 Å². The summed E-state index contributed by atoms with van der Waals surface area (Å²) in [6.45, 7) is 0. The van der Waals surface area contributed by atoms with E-state index in [2.05, 4.69) is 5.32 Å². The van der Waals surface area contributed by atoms with Crippen LogP contribution in [0.15, 0.2) is 18.2 Å². The Bertz CT molecular complexity index is 388. The van der Waals surface area contributed by atoms with Gasteiger partial charge in [-0.15, -0.1) is 0 Å². The van der Waals surface area contributed by atoms with E-state index in [0.29, 0.717) is 11.4 Å². The molecule has 0 atom stereocenters. The van der Waals surface area contributed by atoms with E-state index < -0.39 is 4.92 Å². The number of rotatable bonds is 4. The maximum absolute atomic E-state index is 10.9. The molecule has 0 saturated heterocycles. The Morgan fingerprint density at radius 3 is 2.80 bits per heavy atom. The Hall–Kier alpha value is -1.78. The molecular weight excluding hydrogens is 196 g/mol. The maximum atomic E-state index is 10.9. The molecule has 0 spiro atoms. The molecule has 1 aromatic carbocycles. The van der Waals surface area contributed by atoms with Gasteiger partial charge < -0.3 is 10.1 Å². The highest BCUT2D eigenvalue weighted by molar-refractivity contribution is 5.68. The Labute approximate surface area is 87.2 Å². The van der Waals surface area contributed by atoms with E-state index >= 15 is 0 Å². The summed E-state index contributed by atoms with van der Waals surface area (Å²) in [6, 6.07) is 5.05. The van der Waals surface area contributed by atoms with Crippen molar-refractivity contribution in [1.29, 1.82) is 0 Å². The third-order valence-corrected chi connectivity index (χ3v) is 2.27. The lowest BCUT2D eigenvalue weighted by atomic mass is 10.2. The van der Waals surface area contributed by atoms with E-state index in [1.165, 1.54) is 0 Å². The standard InChI is InChI=1S/C10H12N2O3/c1-11-8-3-2-4-9(10(8)12(13)14)15-7-5-6-7/h2-4,7,11H,5-6H2,1H3. The first-order valence-electron chi connectivity index (χ1n) is 4.84. The van der Waals surface area contributed by atoms with Gasteiger partial charge in [0.25, 0.3) is 0 Å². The van der Waals surface area contributed by atoms with Crippen molar-refractivity contribution >= 4 is 11.4 Å². The number of nitrogens with zero attached hydrogens (tertiary/aromatic N) is 1. The zero-order chi connectivity index (χ0) is 10.8. The molecule has 2 rings (SSSR count). The van der Waals surface area contributed by atoms with Crippen LogP contribution < -0.4 is 10.1 Å². The van der Waals surface area contributed by atoms with Gasteiger partial charge >= 0.3 is 5.69 Å². The summed E-state index contributed by atoms with van der Waals surface area (Å²) >= 11 is 0. The Morgan fingerprint density at radius 1 is 1.53 bits per heavy atom. The molecule has 0 bridgehead atoms. The maximum Gasteiger partial charge on any atom is 0.333 e. The number of nitrogens with one attached hydrogen (secondary N) is 1. The van der Waals surface area contributed by atoms with Crippen LogP contribution in [0.1, 0.15) is 12.8 Å². The molecule has 1 aromatic rings. The third kappa shape index (κ3) is 2.01. The van der Waals surface area contributed by atoms with Crippen molar-refractivity contribution in [3.63, 3.8) is 0 Å². The number of para-hydroxylation sites is 1. The van der Waals surface area contributed by atoms with Gasteiger partial charge in [-0.3, -0.25) is 10.1 Å². The number of hydrogen-bond donors (Lipinski definition) is 1. The lowest BCUT2D eigenvalue weighted by molar-refractivity contribution is -0.385. The minimum absolute atomic E-state index is 0.0203. The lowest BCUT2D eigenvalue weighted by Crippen LogP contribution is -2.02. The van der Waals surface area contributed by atoms with E-state index in [9.17, 15) is 10.1 Å². The second-order valence-electron chi connectivity index (χ2n) is 3.48. The molecule has 5 heteroatoms.